The number of rotatable bonds is 17. The molecule has 24 heavy (non-hydrogen) atoms. The van der Waals surface area contributed by atoms with E-state index in [1.165, 1.54) is 71.3 Å². The molecular formula is C20H39BrO3. The zero-order valence-electron chi connectivity index (χ0n) is 16.2. The van der Waals surface area contributed by atoms with Crippen LogP contribution in [0, 0.1) is 0 Å². The van der Waals surface area contributed by atoms with Gasteiger partial charge < -0.3 is 9.47 Å². The van der Waals surface area contributed by atoms with Crippen LogP contribution in [0.5, 0.6) is 0 Å². The number of methoxy groups -OCH3 is 2. The molecule has 0 bridgehead atoms. The van der Waals surface area contributed by atoms with Gasteiger partial charge in [0.15, 0.2) is 0 Å². The Kier molecular flexibility index (Phi) is 17.7. The number of carbonyl (C=O) groups is 1. The van der Waals surface area contributed by atoms with Gasteiger partial charge in [-0.05, 0) is 19.3 Å². The molecule has 0 aliphatic rings. The lowest BCUT2D eigenvalue weighted by Crippen LogP contribution is -2.23. The Hall–Kier alpha value is -0.0900. The molecule has 0 aromatic rings. The van der Waals surface area contributed by atoms with Crippen LogP contribution in [0.2, 0.25) is 0 Å². The highest BCUT2D eigenvalue weighted by molar-refractivity contribution is 9.09. The van der Waals surface area contributed by atoms with Crippen molar-refractivity contribution in [2.24, 2.45) is 0 Å². The standard InChI is InChI=1S/C20H39BrO3/c1-4-5-6-7-9-12-15-18(21)19(23-2)16-13-10-8-11-14-17-20(22)24-3/h18-19H,4-17H2,1-3H3. The van der Waals surface area contributed by atoms with E-state index >= 15 is 0 Å². The summed E-state index contributed by atoms with van der Waals surface area (Å²) in [5.41, 5.74) is 0. The van der Waals surface area contributed by atoms with Gasteiger partial charge >= 0.3 is 5.97 Å². The van der Waals surface area contributed by atoms with Crippen molar-refractivity contribution in [1.82, 2.24) is 0 Å². The third-order valence-electron chi connectivity index (χ3n) is 4.64. The Morgan fingerprint density at radius 3 is 1.96 bits per heavy atom. The summed E-state index contributed by atoms with van der Waals surface area (Å²) in [7, 11) is 3.28. The van der Waals surface area contributed by atoms with Crippen LogP contribution >= 0.6 is 15.9 Å². The third kappa shape index (κ3) is 14.3. The number of halogens is 1. The first kappa shape index (κ1) is 23.9. The van der Waals surface area contributed by atoms with Gasteiger partial charge in [-0.1, -0.05) is 87.1 Å². The number of carbonyl (C=O) groups excluding carboxylic acids is 1. The summed E-state index contributed by atoms with van der Waals surface area (Å²) in [4.78, 5) is 11.5. The fourth-order valence-electron chi connectivity index (χ4n) is 3.00. The Bertz CT molecular complexity index is 284. The Morgan fingerprint density at radius 1 is 0.833 bits per heavy atom. The Labute approximate surface area is 158 Å². The Balaban J connectivity index is 3.57. The second-order valence-corrected chi connectivity index (χ2v) is 7.91. The van der Waals surface area contributed by atoms with Crippen LogP contribution in [0.4, 0.5) is 0 Å². The summed E-state index contributed by atoms with van der Waals surface area (Å²) in [5.74, 6) is -0.0914. The number of hydrogen-bond acceptors (Lipinski definition) is 3. The van der Waals surface area contributed by atoms with E-state index < -0.39 is 0 Å². The molecule has 0 amide bonds. The van der Waals surface area contributed by atoms with E-state index in [-0.39, 0.29) is 5.97 Å². The van der Waals surface area contributed by atoms with E-state index in [1.54, 1.807) is 0 Å². The van der Waals surface area contributed by atoms with Crippen molar-refractivity contribution in [3.05, 3.63) is 0 Å². The maximum atomic E-state index is 11.0. The van der Waals surface area contributed by atoms with E-state index in [4.69, 9.17) is 4.74 Å². The van der Waals surface area contributed by atoms with E-state index in [0.29, 0.717) is 17.4 Å². The number of ether oxygens (including phenoxy) is 2. The average Bonchev–Trinajstić information content (AvgIpc) is 2.59. The molecule has 2 atom stereocenters. The number of esters is 1. The molecule has 0 aliphatic heterocycles. The number of alkyl halides is 1. The molecule has 0 saturated heterocycles. The molecule has 3 nitrogen and oxygen atoms in total. The van der Waals surface area contributed by atoms with Crippen molar-refractivity contribution in [2.45, 2.75) is 108 Å². The van der Waals surface area contributed by atoms with E-state index in [2.05, 4.69) is 27.6 Å². The summed E-state index contributed by atoms with van der Waals surface area (Å²) in [6, 6.07) is 0. The predicted octanol–water partition coefficient (Wildman–Crippen LogP) is 6.42. The summed E-state index contributed by atoms with van der Waals surface area (Å²) in [5, 5.41) is 0. The van der Waals surface area contributed by atoms with Crippen molar-refractivity contribution in [3.8, 4) is 0 Å². The maximum Gasteiger partial charge on any atom is 0.305 e. The molecule has 0 radical (unpaired) electrons. The smallest absolute Gasteiger partial charge is 0.305 e. The third-order valence-corrected chi connectivity index (χ3v) is 5.68. The highest BCUT2D eigenvalue weighted by Crippen LogP contribution is 2.22. The number of unbranched alkanes of at least 4 members (excludes halogenated alkanes) is 9. The lowest BCUT2D eigenvalue weighted by molar-refractivity contribution is -0.140. The first-order valence-corrected chi connectivity index (χ1v) is 10.8. The van der Waals surface area contributed by atoms with E-state index in [1.807, 2.05) is 7.11 Å². The van der Waals surface area contributed by atoms with E-state index in [9.17, 15) is 4.79 Å². The zero-order chi connectivity index (χ0) is 18.0. The first-order chi connectivity index (χ1) is 11.7. The molecule has 2 unspecified atom stereocenters. The van der Waals surface area contributed by atoms with Crippen molar-refractivity contribution in [2.75, 3.05) is 14.2 Å². The van der Waals surface area contributed by atoms with Gasteiger partial charge in [-0.15, -0.1) is 0 Å². The fraction of sp³-hybridized carbons (Fsp3) is 0.950. The van der Waals surface area contributed by atoms with Crippen LogP contribution in [0.25, 0.3) is 0 Å². The molecule has 0 aromatic heterocycles. The highest BCUT2D eigenvalue weighted by atomic mass is 79.9. The van der Waals surface area contributed by atoms with Crippen LogP contribution in [0.3, 0.4) is 0 Å². The minimum absolute atomic E-state index is 0.0914. The first-order valence-electron chi connectivity index (χ1n) is 9.89. The van der Waals surface area contributed by atoms with Crippen LogP contribution in [-0.4, -0.2) is 31.1 Å². The molecular weight excluding hydrogens is 368 g/mol. The molecule has 0 aliphatic carbocycles. The van der Waals surface area contributed by atoms with Crippen molar-refractivity contribution in [1.29, 1.82) is 0 Å². The molecule has 0 fully saturated rings. The lowest BCUT2D eigenvalue weighted by Gasteiger charge is -2.21. The molecule has 0 N–H and O–H groups in total. The van der Waals surface area contributed by atoms with Gasteiger partial charge in [-0.3, -0.25) is 4.79 Å². The van der Waals surface area contributed by atoms with Crippen molar-refractivity contribution < 1.29 is 14.3 Å². The maximum absolute atomic E-state index is 11.0. The molecule has 0 spiro atoms. The molecule has 0 rings (SSSR count). The summed E-state index contributed by atoms with van der Waals surface area (Å²) in [6.07, 6.45) is 17.0. The monoisotopic (exact) mass is 406 g/mol. The van der Waals surface area contributed by atoms with Crippen LogP contribution in [-0.2, 0) is 14.3 Å². The molecule has 4 heteroatoms. The largest absolute Gasteiger partial charge is 0.469 e. The second-order valence-electron chi connectivity index (χ2n) is 6.73. The van der Waals surface area contributed by atoms with Gasteiger partial charge in [0.2, 0.25) is 0 Å². The SMILES string of the molecule is CCCCCCCCC(Br)C(CCCCCCCC(=O)OC)OC. The average molecular weight is 407 g/mol. The highest BCUT2D eigenvalue weighted by Gasteiger charge is 2.17. The van der Waals surface area contributed by atoms with Crippen LogP contribution in [0.15, 0.2) is 0 Å². The fourth-order valence-corrected chi connectivity index (χ4v) is 3.80. The second kappa shape index (κ2) is 17.7. The van der Waals surface area contributed by atoms with E-state index in [0.717, 1.165) is 19.3 Å². The van der Waals surface area contributed by atoms with Gasteiger partial charge in [-0.2, -0.15) is 0 Å². The van der Waals surface area contributed by atoms with Crippen molar-refractivity contribution >= 4 is 21.9 Å². The minimum atomic E-state index is -0.0914. The summed E-state index contributed by atoms with van der Waals surface area (Å²) in [6.45, 7) is 2.26. The molecule has 0 saturated carbocycles. The van der Waals surface area contributed by atoms with Gasteiger partial charge in [0, 0.05) is 18.4 Å². The van der Waals surface area contributed by atoms with Gasteiger partial charge in [0.1, 0.15) is 0 Å². The molecule has 0 aromatic carbocycles. The summed E-state index contributed by atoms with van der Waals surface area (Å²) >= 11 is 3.83. The van der Waals surface area contributed by atoms with Crippen LogP contribution < -0.4 is 0 Å². The normalized spacial score (nSPS) is 13.7. The predicted molar refractivity (Wildman–Crippen MR) is 106 cm³/mol. The zero-order valence-corrected chi connectivity index (χ0v) is 17.7. The van der Waals surface area contributed by atoms with Gasteiger partial charge in [-0.25, -0.2) is 0 Å². The number of hydrogen-bond donors (Lipinski definition) is 0. The topological polar surface area (TPSA) is 35.5 Å². The molecule has 0 heterocycles. The minimum Gasteiger partial charge on any atom is -0.469 e. The quantitative estimate of drug-likeness (QED) is 0.159. The molecule has 144 valence electrons. The van der Waals surface area contributed by atoms with Gasteiger partial charge in [0.05, 0.1) is 13.2 Å². The summed E-state index contributed by atoms with van der Waals surface area (Å²) < 4.78 is 10.3. The van der Waals surface area contributed by atoms with Crippen molar-refractivity contribution in [3.63, 3.8) is 0 Å². The Morgan fingerprint density at radius 2 is 1.38 bits per heavy atom. The lowest BCUT2D eigenvalue weighted by atomic mass is 10.0. The van der Waals surface area contributed by atoms with Gasteiger partial charge in [0.25, 0.3) is 0 Å². The van der Waals surface area contributed by atoms with Crippen LogP contribution in [0.1, 0.15) is 96.8 Å².